The Bertz CT molecular complexity index is 1350. The van der Waals surface area contributed by atoms with Crippen LogP contribution in [0.4, 0.5) is 18.9 Å². The third kappa shape index (κ3) is 4.79. The van der Waals surface area contributed by atoms with Gasteiger partial charge in [-0.25, -0.2) is 4.98 Å². The van der Waals surface area contributed by atoms with Crippen molar-refractivity contribution in [2.24, 2.45) is 14.1 Å². The highest BCUT2D eigenvalue weighted by molar-refractivity contribution is 7.71. The first-order valence-corrected chi connectivity index (χ1v) is 9.41. The summed E-state index contributed by atoms with van der Waals surface area (Å²) in [7, 11) is 4.01. The van der Waals surface area contributed by atoms with Gasteiger partial charge in [0.05, 0.1) is 7.11 Å². The lowest BCUT2D eigenvalue weighted by atomic mass is 10.2. The minimum Gasteiger partial charge on any atom is -0.494 e. The first-order valence-electron chi connectivity index (χ1n) is 9.00. The van der Waals surface area contributed by atoms with Gasteiger partial charge < -0.3 is 19.9 Å². The Balaban J connectivity index is 1.89. The Kier molecular flexibility index (Phi) is 6.39. The van der Waals surface area contributed by atoms with Gasteiger partial charge in [-0.2, -0.15) is 18.2 Å². The smallest absolute Gasteiger partial charge is 0.433 e. The molecule has 174 valence electrons. The average Bonchev–Trinajstić information content (AvgIpc) is 2.77. The number of carbonyl (C=O) groups excluding carboxylic acids is 1. The maximum atomic E-state index is 12.8. The number of carbonyl (C=O) groups is 1. The lowest BCUT2D eigenvalue weighted by Gasteiger charge is -2.14. The molecule has 14 heteroatoms. The van der Waals surface area contributed by atoms with Gasteiger partial charge >= 0.3 is 12.2 Å². The van der Waals surface area contributed by atoms with Crippen LogP contribution < -0.4 is 20.3 Å². The van der Waals surface area contributed by atoms with E-state index in [4.69, 9.17) is 21.7 Å². The molecule has 3 rings (SSSR count). The van der Waals surface area contributed by atoms with E-state index in [9.17, 15) is 27.9 Å². The summed E-state index contributed by atoms with van der Waals surface area (Å²) in [4.78, 5) is 32.0. The number of aromatic hydroxyl groups is 1. The van der Waals surface area contributed by atoms with E-state index in [0.717, 1.165) is 15.3 Å². The van der Waals surface area contributed by atoms with E-state index in [1.807, 2.05) is 0 Å². The molecule has 0 saturated carbocycles. The van der Waals surface area contributed by atoms with E-state index in [1.54, 1.807) is 0 Å². The number of halogens is 3. The van der Waals surface area contributed by atoms with Crippen molar-refractivity contribution in [3.05, 3.63) is 56.8 Å². The molecule has 10 nitrogen and oxygen atoms in total. The quantitative estimate of drug-likeness (QED) is 0.532. The molecule has 33 heavy (non-hydrogen) atoms. The maximum Gasteiger partial charge on any atom is 0.433 e. The van der Waals surface area contributed by atoms with Gasteiger partial charge in [-0.05, 0) is 30.4 Å². The first-order chi connectivity index (χ1) is 15.4. The molecule has 2 aromatic heterocycles. The molecule has 1 aromatic carbocycles. The van der Waals surface area contributed by atoms with Crippen molar-refractivity contribution in [3.63, 3.8) is 0 Å². The van der Waals surface area contributed by atoms with Gasteiger partial charge in [0.15, 0.2) is 27.5 Å². The zero-order valence-electron chi connectivity index (χ0n) is 17.3. The number of hydrogen-bond donors (Lipinski definition) is 2. The van der Waals surface area contributed by atoms with Crippen molar-refractivity contribution in [2.75, 3.05) is 12.4 Å². The van der Waals surface area contributed by atoms with Crippen LogP contribution in [0.3, 0.4) is 0 Å². The van der Waals surface area contributed by atoms with Crippen LogP contribution in [0.15, 0.2) is 35.3 Å². The molecule has 2 heterocycles. The molecule has 0 fully saturated rings. The summed E-state index contributed by atoms with van der Waals surface area (Å²) in [6.45, 7) is 0. The molecule has 0 aliphatic rings. The van der Waals surface area contributed by atoms with Crippen molar-refractivity contribution < 1.29 is 32.5 Å². The van der Waals surface area contributed by atoms with Crippen LogP contribution in [0.5, 0.6) is 23.4 Å². The number of rotatable bonds is 5. The number of amides is 1. The van der Waals surface area contributed by atoms with E-state index >= 15 is 0 Å². The van der Waals surface area contributed by atoms with Crippen LogP contribution in [0, 0.1) is 4.77 Å². The molecule has 1 amide bonds. The standard InChI is InChI=1S/C19H16F3N5O5S/c1-26-15(29)13(16(30)27(2)18(26)33)14(28)24-9-4-5-10(11(8-9)31-3)32-17-23-7-6-12(25-17)19(20,21)22/h4-8,29H,1-3H3,(H,24,28). The highest BCUT2D eigenvalue weighted by atomic mass is 32.1. The fraction of sp³-hybridized carbons (Fsp3) is 0.211. The molecule has 0 aliphatic carbocycles. The number of aromatic nitrogens is 4. The van der Waals surface area contributed by atoms with Gasteiger partial charge in [0.2, 0.25) is 5.88 Å². The Morgan fingerprint density at radius 2 is 1.88 bits per heavy atom. The topological polar surface area (TPSA) is 121 Å². The van der Waals surface area contributed by atoms with Gasteiger partial charge in [0.25, 0.3) is 11.5 Å². The zero-order valence-corrected chi connectivity index (χ0v) is 18.1. The van der Waals surface area contributed by atoms with Gasteiger partial charge in [-0.15, -0.1) is 0 Å². The number of methoxy groups -OCH3 is 1. The number of nitrogens with one attached hydrogen (secondary N) is 1. The summed E-state index contributed by atoms with van der Waals surface area (Å²) in [6.07, 6.45) is -3.78. The molecule has 0 saturated heterocycles. The number of anilines is 1. The van der Waals surface area contributed by atoms with E-state index in [-0.39, 0.29) is 22.0 Å². The molecular weight excluding hydrogens is 467 g/mol. The second-order valence-corrected chi connectivity index (χ2v) is 6.91. The molecular formula is C19H16F3N5O5S. The van der Waals surface area contributed by atoms with E-state index < -0.39 is 40.8 Å². The summed E-state index contributed by atoms with van der Waals surface area (Å²) in [6, 6.07) is 4.06. The van der Waals surface area contributed by atoms with Gasteiger partial charge in [-0.3, -0.25) is 18.7 Å². The predicted molar refractivity (Wildman–Crippen MR) is 111 cm³/mol. The van der Waals surface area contributed by atoms with Crippen molar-refractivity contribution in [3.8, 4) is 23.4 Å². The predicted octanol–water partition coefficient (Wildman–Crippen LogP) is 3.02. The largest absolute Gasteiger partial charge is 0.494 e. The van der Waals surface area contributed by atoms with Gasteiger partial charge in [-0.1, -0.05) is 0 Å². The summed E-state index contributed by atoms with van der Waals surface area (Å²) in [5, 5.41) is 12.6. The molecule has 0 bridgehead atoms. The normalized spacial score (nSPS) is 11.2. The van der Waals surface area contributed by atoms with Crippen LogP contribution in [0.2, 0.25) is 0 Å². The van der Waals surface area contributed by atoms with E-state index in [1.165, 1.54) is 39.4 Å². The van der Waals surface area contributed by atoms with Crippen molar-refractivity contribution >= 4 is 23.8 Å². The van der Waals surface area contributed by atoms with E-state index in [0.29, 0.717) is 6.07 Å². The number of nitrogens with zero attached hydrogens (tertiary/aromatic N) is 4. The van der Waals surface area contributed by atoms with Crippen molar-refractivity contribution in [1.82, 2.24) is 19.1 Å². The average molecular weight is 483 g/mol. The zero-order chi connectivity index (χ0) is 24.5. The van der Waals surface area contributed by atoms with Crippen molar-refractivity contribution in [1.29, 1.82) is 0 Å². The molecule has 0 unspecified atom stereocenters. The Labute approximate surface area is 188 Å². The molecule has 0 atom stereocenters. The number of ether oxygens (including phenoxy) is 2. The van der Waals surface area contributed by atoms with Gasteiger partial charge in [0.1, 0.15) is 0 Å². The lowest BCUT2D eigenvalue weighted by Crippen LogP contribution is -2.31. The SMILES string of the molecule is COc1cc(NC(=O)c2c(O)n(C)c(=S)n(C)c2=O)ccc1Oc1nccc(C(F)(F)F)n1. The maximum absolute atomic E-state index is 12.8. The van der Waals surface area contributed by atoms with E-state index in [2.05, 4.69) is 15.3 Å². The minimum atomic E-state index is -4.68. The summed E-state index contributed by atoms with van der Waals surface area (Å²) < 4.78 is 51.1. The van der Waals surface area contributed by atoms with Crippen LogP contribution >= 0.6 is 12.2 Å². The monoisotopic (exact) mass is 483 g/mol. The van der Waals surface area contributed by atoms with Gasteiger partial charge in [0, 0.05) is 32.0 Å². The lowest BCUT2D eigenvalue weighted by molar-refractivity contribution is -0.141. The highest BCUT2D eigenvalue weighted by Crippen LogP contribution is 2.34. The third-order valence-corrected chi connectivity index (χ3v) is 4.96. The Morgan fingerprint density at radius 1 is 1.18 bits per heavy atom. The number of benzene rings is 1. The van der Waals surface area contributed by atoms with Crippen LogP contribution in [-0.4, -0.2) is 37.2 Å². The highest BCUT2D eigenvalue weighted by Gasteiger charge is 2.33. The Morgan fingerprint density at radius 3 is 2.52 bits per heavy atom. The number of hydrogen-bond acceptors (Lipinski definition) is 8. The molecule has 0 radical (unpaired) electrons. The first kappa shape index (κ1) is 23.7. The Hall–Kier alpha value is -3.94. The summed E-state index contributed by atoms with van der Waals surface area (Å²) >= 11 is 5.01. The molecule has 0 aliphatic heterocycles. The van der Waals surface area contributed by atoms with Crippen LogP contribution in [0.1, 0.15) is 16.1 Å². The minimum absolute atomic E-state index is 0.00836. The second kappa shape index (κ2) is 8.90. The molecule has 3 aromatic rings. The van der Waals surface area contributed by atoms with Crippen LogP contribution in [-0.2, 0) is 20.3 Å². The second-order valence-electron chi connectivity index (χ2n) is 6.55. The summed E-state index contributed by atoms with van der Waals surface area (Å²) in [5.41, 5.74) is -2.39. The van der Waals surface area contributed by atoms with Crippen LogP contribution in [0.25, 0.3) is 0 Å². The summed E-state index contributed by atoms with van der Waals surface area (Å²) in [5.74, 6) is -1.54. The molecule has 0 spiro atoms. The fourth-order valence-corrected chi connectivity index (χ4v) is 2.87. The third-order valence-electron chi connectivity index (χ3n) is 4.41. The van der Waals surface area contributed by atoms with Crippen molar-refractivity contribution in [2.45, 2.75) is 6.18 Å². The fourth-order valence-electron chi connectivity index (χ4n) is 2.70. The number of alkyl halides is 3. The molecule has 2 N–H and O–H groups in total.